The van der Waals surface area contributed by atoms with E-state index in [9.17, 15) is 14.7 Å². The monoisotopic (exact) mass is 291 g/mol. The summed E-state index contributed by atoms with van der Waals surface area (Å²) in [6, 6.07) is 7.74. The highest BCUT2D eigenvalue weighted by Gasteiger charge is 2.40. The van der Waals surface area contributed by atoms with Crippen LogP contribution in [0.4, 0.5) is 0 Å². The van der Waals surface area contributed by atoms with E-state index in [0.717, 1.165) is 11.1 Å². The maximum absolute atomic E-state index is 12.0. The molecule has 0 radical (unpaired) electrons. The highest BCUT2D eigenvalue weighted by Crippen LogP contribution is 2.30. The number of aryl methyl sites for hydroxylation is 1. The Morgan fingerprint density at radius 1 is 1.33 bits per heavy atom. The molecule has 114 valence electrons. The van der Waals surface area contributed by atoms with Crippen molar-refractivity contribution in [3.05, 3.63) is 35.4 Å². The smallest absolute Gasteiger partial charge is 0.311 e. The fourth-order valence-corrected chi connectivity index (χ4v) is 2.57. The predicted octanol–water partition coefficient (Wildman–Crippen LogP) is 1.54. The van der Waals surface area contributed by atoms with Crippen LogP contribution in [0.25, 0.3) is 0 Å². The summed E-state index contributed by atoms with van der Waals surface area (Å²) in [6.45, 7) is 3.00. The van der Waals surface area contributed by atoms with Crippen molar-refractivity contribution in [3.63, 3.8) is 0 Å². The molecule has 1 aromatic rings. The largest absolute Gasteiger partial charge is 0.481 e. The number of nitrogens with one attached hydrogen (secondary N) is 1. The number of amides is 1. The van der Waals surface area contributed by atoms with Crippen LogP contribution in [0.15, 0.2) is 24.3 Å². The quantitative estimate of drug-likeness (QED) is 0.862. The summed E-state index contributed by atoms with van der Waals surface area (Å²) < 4.78 is 5.21. The number of ether oxygens (including phenoxy) is 1. The molecule has 2 N–H and O–H groups in total. The molecule has 21 heavy (non-hydrogen) atoms. The van der Waals surface area contributed by atoms with E-state index >= 15 is 0 Å². The van der Waals surface area contributed by atoms with Gasteiger partial charge in [0.1, 0.15) is 0 Å². The van der Waals surface area contributed by atoms with Crippen LogP contribution in [0.3, 0.4) is 0 Å². The molecule has 0 spiro atoms. The lowest BCUT2D eigenvalue weighted by molar-refractivity contribution is -0.154. The molecule has 1 aliphatic heterocycles. The fourth-order valence-electron chi connectivity index (χ4n) is 2.57. The van der Waals surface area contributed by atoms with Crippen LogP contribution in [0, 0.1) is 12.3 Å². The molecule has 2 rings (SSSR count). The van der Waals surface area contributed by atoms with Gasteiger partial charge >= 0.3 is 5.97 Å². The minimum atomic E-state index is -0.888. The highest BCUT2D eigenvalue weighted by molar-refractivity contribution is 5.80. The second-order valence-electron chi connectivity index (χ2n) is 5.64. The van der Waals surface area contributed by atoms with Gasteiger partial charge in [-0.15, -0.1) is 0 Å². The van der Waals surface area contributed by atoms with Gasteiger partial charge in [-0.1, -0.05) is 29.8 Å². The van der Waals surface area contributed by atoms with E-state index in [4.69, 9.17) is 4.74 Å². The van der Waals surface area contributed by atoms with E-state index in [-0.39, 0.29) is 18.9 Å². The third-order valence-electron chi connectivity index (χ3n) is 3.97. The van der Waals surface area contributed by atoms with E-state index < -0.39 is 11.4 Å². The molecule has 1 aliphatic rings. The first-order valence-electron chi connectivity index (χ1n) is 7.15. The first kappa shape index (κ1) is 15.5. The molecule has 0 aromatic heterocycles. The molecule has 0 unspecified atom stereocenters. The number of aliphatic carboxylic acids is 1. The molecule has 0 bridgehead atoms. The number of hydrogen-bond acceptors (Lipinski definition) is 3. The molecule has 0 saturated carbocycles. The van der Waals surface area contributed by atoms with Crippen molar-refractivity contribution in [2.75, 3.05) is 19.8 Å². The van der Waals surface area contributed by atoms with Gasteiger partial charge in [0, 0.05) is 19.8 Å². The highest BCUT2D eigenvalue weighted by atomic mass is 16.5. The Hall–Kier alpha value is -1.88. The van der Waals surface area contributed by atoms with Crippen molar-refractivity contribution in [1.82, 2.24) is 5.32 Å². The topological polar surface area (TPSA) is 75.6 Å². The summed E-state index contributed by atoms with van der Waals surface area (Å²) in [5, 5.41) is 12.2. The third kappa shape index (κ3) is 4.04. The number of rotatable bonds is 5. The summed E-state index contributed by atoms with van der Waals surface area (Å²) in [4.78, 5) is 23.5. The fraction of sp³-hybridized carbons (Fsp3) is 0.500. The Kier molecular flexibility index (Phi) is 4.96. The molecule has 5 nitrogen and oxygen atoms in total. The second kappa shape index (κ2) is 6.72. The molecular formula is C16H21NO4. The number of carbonyl (C=O) groups excluding carboxylic acids is 1. The zero-order chi connectivity index (χ0) is 15.3. The maximum atomic E-state index is 12.0. The van der Waals surface area contributed by atoms with Crippen LogP contribution in [0.2, 0.25) is 0 Å². The van der Waals surface area contributed by atoms with E-state index in [2.05, 4.69) is 5.32 Å². The van der Waals surface area contributed by atoms with Crippen LogP contribution in [0.1, 0.15) is 24.0 Å². The van der Waals surface area contributed by atoms with Crippen LogP contribution in [-0.2, 0) is 20.7 Å². The summed E-state index contributed by atoms with van der Waals surface area (Å²) in [6.07, 6.45) is 1.15. The Balaban J connectivity index is 1.91. The minimum Gasteiger partial charge on any atom is -0.481 e. The number of hydrogen-bond donors (Lipinski definition) is 2. The van der Waals surface area contributed by atoms with Crippen molar-refractivity contribution < 1.29 is 19.4 Å². The molecular weight excluding hydrogens is 270 g/mol. The van der Waals surface area contributed by atoms with Crippen molar-refractivity contribution in [2.45, 2.75) is 26.2 Å². The first-order valence-corrected chi connectivity index (χ1v) is 7.15. The third-order valence-corrected chi connectivity index (χ3v) is 3.97. The van der Waals surface area contributed by atoms with Gasteiger partial charge in [-0.3, -0.25) is 9.59 Å². The Labute approximate surface area is 124 Å². The summed E-state index contributed by atoms with van der Waals surface area (Å²) in [5.41, 5.74) is 1.15. The van der Waals surface area contributed by atoms with Gasteiger partial charge in [0.15, 0.2) is 0 Å². The standard InChI is InChI=1S/C16H21NO4/c1-12-3-2-4-13(9-12)10-14(18)17-11-16(15(19)20)5-7-21-8-6-16/h2-4,9H,5-8,10-11H2,1H3,(H,17,18)(H,19,20). The van der Waals surface area contributed by atoms with E-state index in [1.165, 1.54) is 0 Å². The summed E-state index contributed by atoms with van der Waals surface area (Å²) in [5.74, 6) is -1.01. The number of carbonyl (C=O) groups is 2. The summed E-state index contributed by atoms with van der Waals surface area (Å²) in [7, 11) is 0. The van der Waals surface area contributed by atoms with Crippen molar-refractivity contribution in [3.8, 4) is 0 Å². The van der Waals surface area contributed by atoms with Gasteiger partial charge in [-0.25, -0.2) is 0 Å². The van der Waals surface area contributed by atoms with Gasteiger partial charge < -0.3 is 15.2 Å². The molecule has 1 fully saturated rings. The molecule has 0 aliphatic carbocycles. The lowest BCUT2D eigenvalue weighted by Crippen LogP contribution is -2.46. The normalized spacial score (nSPS) is 17.2. The number of carboxylic acid groups (broad SMARTS) is 1. The minimum absolute atomic E-state index is 0.146. The average Bonchev–Trinajstić information content (AvgIpc) is 2.46. The lowest BCUT2D eigenvalue weighted by Gasteiger charge is -2.33. The Morgan fingerprint density at radius 2 is 2.05 bits per heavy atom. The zero-order valence-electron chi connectivity index (χ0n) is 12.2. The van der Waals surface area contributed by atoms with Crippen LogP contribution in [0.5, 0.6) is 0 Å². The van der Waals surface area contributed by atoms with Gasteiger partial charge in [-0.05, 0) is 25.3 Å². The van der Waals surface area contributed by atoms with Gasteiger partial charge in [-0.2, -0.15) is 0 Å². The van der Waals surface area contributed by atoms with Crippen LogP contribution >= 0.6 is 0 Å². The predicted molar refractivity (Wildman–Crippen MR) is 78.0 cm³/mol. The molecule has 5 heteroatoms. The van der Waals surface area contributed by atoms with Gasteiger partial charge in [0.05, 0.1) is 11.8 Å². The van der Waals surface area contributed by atoms with Gasteiger partial charge in [0.2, 0.25) is 5.91 Å². The van der Waals surface area contributed by atoms with Crippen LogP contribution in [-0.4, -0.2) is 36.7 Å². The van der Waals surface area contributed by atoms with E-state index in [1.807, 2.05) is 31.2 Å². The van der Waals surface area contributed by atoms with Crippen molar-refractivity contribution >= 4 is 11.9 Å². The molecule has 1 saturated heterocycles. The number of benzene rings is 1. The van der Waals surface area contributed by atoms with Crippen molar-refractivity contribution in [2.24, 2.45) is 5.41 Å². The summed E-state index contributed by atoms with van der Waals surface area (Å²) >= 11 is 0. The average molecular weight is 291 g/mol. The van der Waals surface area contributed by atoms with E-state index in [0.29, 0.717) is 26.1 Å². The lowest BCUT2D eigenvalue weighted by atomic mass is 9.80. The molecule has 0 atom stereocenters. The first-order chi connectivity index (χ1) is 10.0. The zero-order valence-corrected chi connectivity index (χ0v) is 12.2. The Morgan fingerprint density at radius 3 is 2.67 bits per heavy atom. The Bertz CT molecular complexity index is 521. The molecule has 1 aromatic carbocycles. The van der Waals surface area contributed by atoms with E-state index in [1.54, 1.807) is 0 Å². The molecule has 1 amide bonds. The maximum Gasteiger partial charge on any atom is 0.311 e. The molecule has 1 heterocycles. The SMILES string of the molecule is Cc1cccc(CC(=O)NCC2(C(=O)O)CCOCC2)c1. The van der Waals surface area contributed by atoms with Crippen LogP contribution < -0.4 is 5.32 Å². The number of carboxylic acids is 1. The second-order valence-corrected chi connectivity index (χ2v) is 5.64. The van der Waals surface area contributed by atoms with Crippen molar-refractivity contribution in [1.29, 1.82) is 0 Å². The van der Waals surface area contributed by atoms with Gasteiger partial charge in [0.25, 0.3) is 0 Å².